The van der Waals surface area contributed by atoms with E-state index in [9.17, 15) is 35.1 Å². The normalized spacial score (nSPS) is 29.4. The summed E-state index contributed by atoms with van der Waals surface area (Å²) in [6, 6.07) is 0. The molecule has 2 aliphatic rings. The van der Waals surface area contributed by atoms with Crippen molar-refractivity contribution in [3.63, 3.8) is 0 Å². The number of ketones is 1. The van der Waals surface area contributed by atoms with Gasteiger partial charge in [-0.15, -0.1) is 0 Å². The van der Waals surface area contributed by atoms with E-state index in [0.717, 1.165) is 24.8 Å². The molecule has 2 rings (SSSR count). The van der Waals surface area contributed by atoms with E-state index in [0.29, 0.717) is 37.7 Å². The van der Waals surface area contributed by atoms with Crippen molar-refractivity contribution < 1.29 is 39.9 Å². The zero-order chi connectivity index (χ0) is 37.8. The summed E-state index contributed by atoms with van der Waals surface area (Å²) in [6.07, 6.45) is 14.2. The number of hydrogen-bond donors (Lipinski definition) is 6. The van der Waals surface area contributed by atoms with Crippen LogP contribution in [0.25, 0.3) is 0 Å². The lowest BCUT2D eigenvalue weighted by atomic mass is 9.74. The highest BCUT2D eigenvalue weighted by atomic mass is 16.5. The van der Waals surface area contributed by atoms with Crippen LogP contribution in [0, 0.1) is 35.5 Å². The van der Waals surface area contributed by atoms with Crippen LogP contribution in [0.2, 0.25) is 0 Å². The third-order valence-corrected chi connectivity index (χ3v) is 11.2. The molecule has 1 saturated heterocycles. The monoisotopic (exact) mass is 701 g/mol. The molecular formula is C41H67NO8. The second-order valence-corrected chi connectivity index (χ2v) is 15.2. The quantitative estimate of drug-likeness (QED) is 0.0820. The fraction of sp³-hybridized carbons (Fsp3) is 0.707. The Morgan fingerprint density at radius 2 is 1.70 bits per heavy atom. The van der Waals surface area contributed by atoms with Crippen LogP contribution in [0.3, 0.4) is 0 Å². The van der Waals surface area contributed by atoms with Crippen molar-refractivity contribution in [2.75, 3.05) is 0 Å². The first-order valence-corrected chi connectivity index (χ1v) is 18.7. The molecule has 12 atom stereocenters. The Bertz CT molecular complexity index is 1250. The smallest absolute Gasteiger partial charge is 0.225 e. The number of carbonyl (C=O) groups is 2. The number of amides is 1. The van der Waals surface area contributed by atoms with Gasteiger partial charge in [-0.05, 0) is 76.7 Å². The Labute approximate surface area is 301 Å². The summed E-state index contributed by atoms with van der Waals surface area (Å²) in [7, 11) is 0. The lowest BCUT2D eigenvalue weighted by Crippen LogP contribution is -2.65. The maximum atomic E-state index is 12.8. The second-order valence-electron chi connectivity index (χ2n) is 15.2. The predicted octanol–water partition coefficient (Wildman–Crippen LogP) is 6.63. The molecule has 2 heterocycles. The van der Waals surface area contributed by atoms with E-state index in [4.69, 9.17) is 4.74 Å². The zero-order valence-electron chi connectivity index (χ0n) is 32.0. The van der Waals surface area contributed by atoms with E-state index in [2.05, 4.69) is 5.32 Å². The van der Waals surface area contributed by atoms with Gasteiger partial charge in [0.25, 0.3) is 0 Å². The largest absolute Gasteiger partial charge is 0.512 e. The van der Waals surface area contributed by atoms with Crippen molar-refractivity contribution in [1.29, 1.82) is 0 Å². The Morgan fingerprint density at radius 3 is 2.34 bits per heavy atom. The summed E-state index contributed by atoms with van der Waals surface area (Å²) in [5.41, 5.74) is 0.408. The van der Waals surface area contributed by atoms with Gasteiger partial charge in [-0.1, -0.05) is 84.1 Å². The number of hydrogen-bond acceptors (Lipinski definition) is 8. The van der Waals surface area contributed by atoms with E-state index in [1.165, 1.54) is 6.92 Å². The van der Waals surface area contributed by atoms with Crippen molar-refractivity contribution in [2.45, 2.75) is 150 Å². The summed E-state index contributed by atoms with van der Waals surface area (Å²) in [5, 5.41) is 56.8. The number of aliphatic hydroxyl groups is 5. The van der Waals surface area contributed by atoms with Gasteiger partial charge in [-0.2, -0.15) is 0 Å². The number of piperidine rings is 1. The highest BCUT2D eigenvalue weighted by Crippen LogP contribution is 2.45. The van der Waals surface area contributed by atoms with Crippen molar-refractivity contribution in [1.82, 2.24) is 5.32 Å². The van der Waals surface area contributed by atoms with Gasteiger partial charge in [-0.25, -0.2) is 0 Å². The van der Waals surface area contributed by atoms with Gasteiger partial charge in [-0.3, -0.25) is 4.79 Å². The van der Waals surface area contributed by atoms with E-state index in [-0.39, 0.29) is 53.0 Å². The minimum atomic E-state index is -1.06. The van der Waals surface area contributed by atoms with Crippen LogP contribution in [0.15, 0.2) is 59.4 Å². The van der Waals surface area contributed by atoms with Crippen LogP contribution < -0.4 is 5.32 Å². The average molecular weight is 702 g/mol. The molecule has 50 heavy (non-hydrogen) atoms. The SMILES string of the molecule is CCC1CC(C)C2(NC1=O)OC(CC(O)C(C)CC/C=C/C=C(\C)C(O)C/C=C/C=C/C(O)C(C)C(O)C(C)CCC(C)=O)C(C)C(O)=C2C. The molecule has 1 fully saturated rings. The summed E-state index contributed by atoms with van der Waals surface area (Å²) in [4.78, 5) is 24.1. The van der Waals surface area contributed by atoms with Gasteiger partial charge in [0.1, 0.15) is 11.5 Å². The third-order valence-electron chi connectivity index (χ3n) is 11.2. The maximum absolute atomic E-state index is 12.8. The molecule has 12 unspecified atom stereocenters. The fourth-order valence-electron chi connectivity index (χ4n) is 7.05. The van der Waals surface area contributed by atoms with Crippen molar-refractivity contribution in [3.8, 4) is 0 Å². The molecule has 6 N–H and O–H groups in total. The molecular weight excluding hydrogens is 634 g/mol. The first kappa shape index (κ1) is 43.6. The lowest BCUT2D eigenvalue weighted by Gasteiger charge is -2.51. The molecule has 1 amide bonds. The summed E-state index contributed by atoms with van der Waals surface area (Å²) < 4.78 is 6.60. The van der Waals surface area contributed by atoms with Gasteiger partial charge in [0.2, 0.25) is 5.91 Å². The lowest BCUT2D eigenvalue weighted by molar-refractivity contribution is -0.185. The number of rotatable bonds is 19. The highest BCUT2D eigenvalue weighted by Gasteiger charge is 2.53. The standard InChI is InChI=1S/C41H67NO8/c1-10-33-23-28(5)41(42-40(33)49)32(9)39(48)31(8)37(50-41)24-36(46)26(3)18-14-11-13-17-25(2)34(44)19-15-12-16-20-35(45)30(7)38(47)27(4)21-22-29(6)43/h11-13,15-17,20,26-28,30-31,33-38,44-48H,10,14,18-19,21-24H2,1-9H3,(H,42,49)/b13-11+,15-12+,20-16+,25-17+. The molecule has 0 aromatic heterocycles. The van der Waals surface area contributed by atoms with E-state index in [1.54, 1.807) is 25.2 Å². The molecule has 0 aliphatic carbocycles. The summed E-state index contributed by atoms with van der Waals surface area (Å²) in [5.74, 6) is -0.604. The van der Waals surface area contributed by atoms with Crippen molar-refractivity contribution >= 4 is 11.7 Å². The second kappa shape index (κ2) is 20.5. The zero-order valence-corrected chi connectivity index (χ0v) is 32.0. The number of Topliss-reactive ketones (excluding diaryl/α,β-unsaturated/α-hetero) is 1. The van der Waals surface area contributed by atoms with Crippen LogP contribution >= 0.6 is 0 Å². The first-order chi connectivity index (χ1) is 23.5. The Balaban J connectivity index is 1.82. The first-order valence-electron chi connectivity index (χ1n) is 18.7. The topological polar surface area (TPSA) is 157 Å². The van der Waals surface area contributed by atoms with Gasteiger partial charge >= 0.3 is 0 Å². The van der Waals surface area contributed by atoms with Crippen molar-refractivity contribution in [3.05, 3.63) is 59.4 Å². The van der Waals surface area contributed by atoms with Crippen LogP contribution in [0.5, 0.6) is 0 Å². The maximum Gasteiger partial charge on any atom is 0.225 e. The predicted molar refractivity (Wildman–Crippen MR) is 199 cm³/mol. The Morgan fingerprint density at radius 1 is 1.02 bits per heavy atom. The number of allylic oxidation sites excluding steroid dienone is 5. The molecule has 284 valence electrons. The molecule has 0 aromatic rings. The van der Waals surface area contributed by atoms with Gasteiger partial charge in [0.15, 0.2) is 5.72 Å². The van der Waals surface area contributed by atoms with E-state index in [1.807, 2.05) is 72.8 Å². The Hall–Kier alpha value is -2.56. The molecule has 0 bridgehead atoms. The average Bonchev–Trinajstić information content (AvgIpc) is 3.08. The molecule has 0 radical (unpaired) electrons. The van der Waals surface area contributed by atoms with Crippen LogP contribution in [-0.4, -0.2) is 73.5 Å². The van der Waals surface area contributed by atoms with E-state index >= 15 is 0 Å². The number of ether oxygens (including phenoxy) is 1. The van der Waals surface area contributed by atoms with E-state index < -0.39 is 36.2 Å². The van der Waals surface area contributed by atoms with Crippen LogP contribution in [0.1, 0.15) is 114 Å². The molecule has 2 aliphatic heterocycles. The van der Waals surface area contributed by atoms with Gasteiger partial charge in [0, 0.05) is 42.1 Å². The summed E-state index contributed by atoms with van der Waals surface area (Å²) >= 11 is 0. The minimum Gasteiger partial charge on any atom is -0.512 e. The molecule has 9 heteroatoms. The fourth-order valence-corrected chi connectivity index (χ4v) is 7.05. The van der Waals surface area contributed by atoms with Gasteiger partial charge < -0.3 is 40.4 Å². The van der Waals surface area contributed by atoms with Crippen molar-refractivity contribution in [2.24, 2.45) is 35.5 Å². The number of aliphatic hydroxyl groups excluding tert-OH is 5. The van der Waals surface area contributed by atoms with Crippen LogP contribution in [0.4, 0.5) is 0 Å². The Kier molecular flexibility index (Phi) is 17.9. The van der Waals surface area contributed by atoms with Gasteiger partial charge in [0.05, 0.1) is 30.5 Å². The van der Waals surface area contributed by atoms with Crippen LogP contribution in [-0.2, 0) is 14.3 Å². The molecule has 0 saturated carbocycles. The highest BCUT2D eigenvalue weighted by molar-refractivity contribution is 5.81. The molecule has 9 nitrogen and oxygen atoms in total. The molecule has 1 spiro atoms. The number of carbonyl (C=O) groups excluding carboxylic acids is 2. The minimum absolute atomic E-state index is 0.0150. The molecule has 0 aromatic carbocycles. The summed E-state index contributed by atoms with van der Waals surface area (Å²) in [6.45, 7) is 16.9. The number of nitrogens with one attached hydrogen (secondary N) is 1. The third kappa shape index (κ3) is 12.0.